The lowest BCUT2D eigenvalue weighted by Gasteiger charge is -2.18. The van der Waals surface area contributed by atoms with Crippen LogP contribution in [0.2, 0.25) is 5.02 Å². The van der Waals surface area contributed by atoms with E-state index in [1.807, 2.05) is 24.3 Å². The molecular weight excluding hydrogens is 283 g/mol. The zero-order valence-corrected chi connectivity index (χ0v) is 11.9. The van der Waals surface area contributed by atoms with Crippen molar-refractivity contribution in [2.24, 2.45) is 0 Å². The van der Waals surface area contributed by atoms with Crippen LogP contribution in [0, 0.1) is 0 Å². The van der Waals surface area contributed by atoms with Crippen LogP contribution in [0.15, 0.2) is 30.5 Å². The van der Waals surface area contributed by atoms with E-state index in [1.165, 1.54) is 5.56 Å². The predicted octanol–water partition coefficient (Wildman–Crippen LogP) is 3.39. The van der Waals surface area contributed by atoms with Crippen molar-refractivity contribution in [3.05, 3.63) is 41.0 Å². The van der Waals surface area contributed by atoms with E-state index < -0.39 is 0 Å². The van der Waals surface area contributed by atoms with Crippen molar-refractivity contribution in [2.45, 2.75) is 12.8 Å². The standard InChI is InChI=1S/C13H13ClN4.ClH/c1-8-7-18(12-4-5-16-13(15)17-12)11-3-2-9(14)6-10(8)11;/h2-6,8H,7H2,1H3,(H2,15,16,17);1H. The van der Waals surface area contributed by atoms with Gasteiger partial charge in [-0.2, -0.15) is 4.98 Å². The molecule has 1 aliphatic rings. The van der Waals surface area contributed by atoms with Crippen LogP contribution in [-0.4, -0.2) is 16.5 Å². The van der Waals surface area contributed by atoms with Crippen LogP contribution in [0.1, 0.15) is 18.4 Å². The Kier molecular flexibility index (Phi) is 3.83. The first-order valence-corrected chi connectivity index (χ1v) is 6.18. The van der Waals surface area contributed by atoms with Gasteiger partial charge >= 0.3 is 0 Å². The highest BCUT2D eigenvalue weighted by atomic mass is 35.5. The summed E-state index contributed by atoms with van der Waals surface area (Å²) in [7, 11) is 0. The Hall–Kier alpha value is -1.52. The van der Waals surface area contributed by atoms with Gasteiger partial charge in [-0.25, -0.2) is 4.98 Å². The third-order valence-corrected chi connectivity index (χ3v) is 3.44. The molecule has 1 atom stereocenters. The molecule has 3 rings (SSSR count). The summed E-state index contributed by atoms with van der Waals surface area (Å²) >= 11 is 6.04. The summed E-state index contributed by atoms with van der Waals surface area (Å²) in [4.78, 5) is 10.3. The molecule has 19 heavy (non-hydrogen) atoms. The minimum absolute atomic E-state index is 0. The zero-order valence-electron chi connectivity index (χ0n) is 10.4. The van der Waals surface area contributed by atoms with Crippen molar-refractivity contribution in [3.63, 3.8) is 0 Å². The van der Waals surface area contributed by atoms with Crippen molar-refractivity contribution >= 4 is 41.5 Å². The van der Waals surface area contributed by atoms with Gasteiger partial charge in [-0.15, -0.1) is 12.4 Å². The van der Waals surface area contributed by atoms with Crippen molar-refractivity contribution < 1.29 is 0 Å². The highest BCUT2D eigenvalue weighted by Gasteiger charge is 2.27. The number of hydrogen-bond acceptors (Lipinski definition) is 4. The van der Waals surface area contributed by atoms with E-state index in [4.69, 9.17) is 17.3 Å². The summed E-state index contributed by atoms with van der Waals surface area (Å²) in [5.74, 6) is 1.55. The molecule has 0 aliphatic carbocycles. The largest absolute Gasteiger partial charge is 0.368 e. The van der Waals surface area contributed by atoms with Crippen molar-refractivity contribution in [2.75, 3.05) is 17.2 Å². The van der Waals surface area contributed by atoms with Crippen LogP contribution in [0.25, 0.3) is 0 Å². The number of nitrogens with zero attached hydrogens (tertiary/aromatic N) is 3. The van der Waals surface area contributed by atoms with Gasteiger partial charge in [0.15, 0.2) is 0 Å². The zero-order chi connectivity index (χ0) is 12.7. The molecule has 0 radical (unpaired) electrons. The summed E-state index contributed by atoms with van der Waals surface area (Å²) in [6, 6.07) is 7.81. The number of rotatable bonds is 1. The quantitative estimate of drug-likeness (QED) is 0.876. The molecule has 4 nitrogen and oxygen atoms in total. The molecule has 0 amide bonds. The van der Waals surface area contributed by atoms with E-state index >= 15 is 0 Å². The van der Waals surface area contributed by atoms with E-state index in [9.17, 15) is 0 Å². The van der Waals surface area contributed by atoms with Gasteiger partial charge in [0.05, 0.1) is 0 Å². The molecule has 0 spiro atoms. The average Bonchev–Trinajstić information content (AvgIpc) is 2.67. The second kappa shape index (κ2) is 5.23. The molecule has 100 valence electrons. The van der Waals surface area contributed by atoms with E-state index in [0.717, 1.165) is 23.1 Å². The number of benzene rings is 1. The van der Waals surface area contributed by atoms with Gasteiger partial charge in [-0.1, -0.05) is 18.5 Å². The lowest BCUT2D eigenvalue weighted by atomic mass is 10.0. The van der Waals surface area contributed by atoms with Crippen LogP contribution in [-0.2, 0) is 0 Å². The van der Waals surface area contributed by atoms with Gasteiger partial charge in [0, 0.05) is 29.4 Å². The Labute approximate surface area is 123 Å². The molecule has 0 fully saturated rings. The first kappa shape index (κ1) is 13.9. The molecule has 2 aromatic rings. The van der Waals surface area contributed by atoms with Crippen LogP contribution in [0.3, 0.4) is 0 Å². The van der Waals surface area contributed by atoms with Gasteiger partial charge in [0.1, 0.15) is 5.82 Å². The molecule has 0 saturated carbocycles. The number of aromatic nitrogens is 2. The lowest BCUT2D eigenvalue weighted by molar-refractivity contribution is 0.807. The van der Waals surface area contributed by atoms with E-state index in [-0.39, 0.29) is 12.4 Å². The second-order valence-electron chi connectivity index (χ2n) is 4.49. The first-order valence-electron chi connectivity index (χ1n) is 5.80. The molecule has 0 saturated heterocycles. The van der Waals surface area contributed by atoms with Crippen molar-refractivity contribution in [1.29, 1.82) is 0 Å². The van der Waals surface area contributed by atoms with Gasteiger partial charge in [-0.05, 0) is 29.8 Å². The molecule has 2 heterocycles. The van der Waals surface area contributed by atoms with Crippen LogP contribution in [0.5, 0.6) is 0 Å². The summed E-state index contributed by atoms with van der Waals surface area (Å²) in [6.45, 7) is 3.06. The van der Waals surface area contributed by atoms with Gasteiger partial charge in [-0.3, -0.25) is 0 Å². The summed E-state index contributed by atoms with van der Waals surface area (Å²) in [5, 5.41) is 0.768. The SMILES string of the molecule is CC1CN(c2ccnc(N)n2)c2ccc(Cl)cc21.Cl. The molecule has 1 aromatic heterocycles. The maximum Gasteiger partial charge on any atom is 0.221 e. The number of halogens is 2. The smallest absolute Gasteiger partial charge is 0.221 e. The predicted molar refractivity (Wildman–Crippen MR) is 80.6 cm³/mol. The monoisotopic (exact) mass is 296 g/mol. The van der Waals surface area contributed by atoms with Gasteiger partial charge < -0.3 is 10.6 Å². The average molecular weight is 297 g/mol. The molecule has 2 N–H and O–H groups in total. The number of nitrogen functional groups attached to an aromatic ring is 1. The maximum absolute atomic E-state index is 6.04. The highest BCUT2D eigenvalue weighted by Crippen LogP contribution is 2.41. The third kappa shape index (κ3) is 2.46. The lowest BCUT2D eigenvalue weighted by Crippen LogP contribution is -2.16. The topological polar surface area (TPSA) is 55.0 Å². The summed E-state index contributed by atoms with van der Waals surface area (Å²) < 4.78 is 0. The number of hydrogen-bond donors (Lipinski definition) is 1. The second-order valence-corrected chi connectivity index (χ2v) is 4.92. The Morgan fingerprint density at radius 1 is 1.37 bits per heavy atom. The van der Waals surface area contributed by atoms with Crippen molar-refractivity contribution in [1.82, 2.24) is 9.97 Å². The molecule has 1 unspecified atom stereocenters. The summed E-state index contributed by atoms with van der Waals surface area (Å²) in [5.41, 5.74) is 8.03. The van der Waals surface area contributed by atoms with Crippen molar-refractivity contribution in [3.8, 4) is 0 Å². The van der Waals surface area contributed by atoms with E-state index in [0.29, 0.717) is 11.9 Å². The normalized spacial score (nSPS) is 16.9. The highest BCUT2D eigenvalue weighted by molar-refractivity contribution is 6.30. The fourth-order valence-corrected chi connectivity index (χ4v) is 2.55. The fraction of sp³-hybridized carbons (Fsp3) is 0.231. The first-order chi connectivity index (χ1) is 8.65. The number of fused-ring (bicyclic) bond motifs is 1. The molecular formula is C13H14Cl2N4. The Bertz CT molecular complexity index is 603. The summed E-state index contributed by atoms with van der Waals surface area (Å²) in [6.07, 6.45) is 1.68. The van der Waals surface area contributed by atoms with Crippen LogP contribution >= 0.6 is 24.0 Å². The Morgan fingerprint density at radius 2 is 2.16 bits per heavy atom. The number of anilines is 3. The Morgan fingerprint density at radius 3 is 2.89 bits per heavy atom. The number of nitrogens with two attached hydrogens (primary N) is 1. The van der Waals surface area contributed by atoms with Crippen LogP contribution < -0.4 is 10.6 Å². The van der Waals surface area contributed by atoms with Gasteiger partial charge in [0.25, 0.3) is 0 Å². The Balaban J connectivity index is 0.00000133. The van der Waals surface area contributed by atoms with Gasteiger partial charge in [0.2, 0.25) is 5.95 Å². The third-order valence-electron chi connectivity index (χ3n) is 3.20. The minimum atomic E-state index is 0. The maximum atomic E-state index is 6.04. The van der Waals surface area contributed by atoms with E-state index in [1.54, 1.807) is 6.20 Å². The molecule has 6 heteroatoms. The molecule has 0 bridgehead atoms. The van der Waals surface area contributed by atoms with Crippen LogP contribution in [0.4, 0.5) is 17.5 Å². The minimum Gasteiger partial charge on any atom is -0.368 e. The van der Waals surface area contributed by atoms with E-state index in [2.05, 4.69) is 21.8 Å². The molecule has 1 aliphatic heterocycles. The molecule has 1 aromatic carbocycles. The fourth-order valence-electron chi connectivity index (χ4n) is 2.37.